The van der Waals surface area contributed by atoms with Crippen molar-refractivity contribution >= 4 is 29.3 Å². The monoisotopic (exact) mass is 361 g/mol. The smallest absolute Gasteiger partial charge is 0.287 e. The molecular formula is C18H16ClNO3S. The molecule has 0 atom stereocenters. The maximum atomic E-state index is 12.0. The molecule has 0 unspecified atom stereocenters. The summed E-state index contributed by atoms with van der Waals surface area (Å²) in [6, 6.07) is 14.9. The Morgan fingerprint density at radius 3 is 2.62 bits per heavy atom. The molecule has 1 aromatic carbocycles. The number of carbonyl (C=O) groups is 1. The van der Waals surface area contributed by atoms with Crippen LogP contribution in [0.4, 0.5) is 0 Å². The lowest BCUT2D eigenvalue weighted by atomic mass is 10.2. The maximum absolute atomic E-state index is 12.0. The van der Waals surface area contributed by atoms with Crippen LogP contribution >= 0.6 is 23.4 Å². The minimum absolute atomic E-state index is 0.250. The summed E-state index contributed by atoms with van der Waals surface area (Å²) < 4.78 is 10.8. The second-order valence-corrected chi connectivity index (χ2v) is 6.57. The first-order valence-electron chi connectivity index (χ1n) is 7.42. The van der Waals surface area contributed by atoms with Gasteiger partial charge in [0.15, 0.2) is 5.76 Å². The van der Waals surface area contributed by atoms with Gasteiger partial charge < -0.3 is 14.2 Å². The van der Waals surface area contributed by atoms with Crippen LogP contribution in [0.2, 0.25) is 5.02 Å². The van der Waals surface area contributed by atoms with E-state index in [1.165, 1.54) is 5.56 Å². The predicted molar refractivity (Wildman–Crippen MR) is 95.0 cm³/mol. The lowest BCUT2D eigenvalue weighted by Gasteiger charge is -2.01. The number of carbonyl (C=O) groups excluding carboxylic acids is 1. The van der Waals surface area contributed by atoms with Gasteiger partial charge in [-0.15, -0.1) is 11.8 Å². The fourth-order valence-corrected chi connectivity index (χ4v) is 3.11. The summed E-state index contributed by atoms with van der Waals surface area (Å²) >= 11 is 7.58. The van der Waals surface area contributed by atoms with Gasteiger partial charge in [0.05, 0.1) is 18.6 Å². The lowest BCUT2D eigenvalue weighted by molar-refractivity contribution is 0.0919. The van der Waals surface area contributed by atoms with Gasteiger partial charge in [0.1, 0.15) is 11.5 Å². The second kappa shape index (κ2) is 8.13. The number of benzene rings is 1. The molecule has 0 aliphatic carbocycles. The zero-order chi connectivity index (χ0) is 16.8. The van der Waals surface area contributed by atoms with E-state index in [0.717, 1.165) is 16.5 Å². The summed E-state index contributed by atoms with van der Waals surface area (Å²) in [5.74, 6) is 3.10. The molecule has 0 aliphatic rings. The number of hydrogen-bond acceptors (Lipinski definition) is 4. The van der Waals surface area contributed by atoms with Crippen LogP contribution in [0, 0.1) is 0 Å². The van der Waals surface area contributed by atoms with Crippen molar-refractivity contribution in [2.45, 2.75) is 18.1 Å². The van der Waals surface area contributed by atoms with E-state index in [9.17, 15) is 4.79 Å². The summed E-state index contributed by atoms with van der Waals surface area (Å²) in [7, 11) is 0. The zero-order valence-corrected chi connectivity index (χ0v) is 14.4. The largest absolute Gasteiger partial charge is 0.467 e. The van der Waals surface area contributed by atoms with Gasteiger partial charge >= 0.3 is 0 Å². The van der Waals surface area contributed by atoms with Crippen molar-refractivity contribution in [1.82, 2.24) is 5.32 Å². The lowest BCUT2D eigenvalue weighted by Crippen LogP contribution is -2.21. The van der Waals surface area contributed by atoms with E-state index < -0.39 is 0 Å². The van der Waals surface area contributed by atoms with Gasteiger partial charge in [-0.1, -0.05) is 23.7 Å². The molecule has 0 fully saturated rings. The van der Waals surface area contributed by atoms with Crippen molar-refractivity contribution in [3.8, 4) is 0 Å². The fraction of sp³-hybridized carbons (Fsp3) is 0.167. The van der Waals surface area contributed by atoms with E-state index in [2.05, 4.69) is 5.32 Å². The van der Waals surface area contributed by atoms with Crippen molar-refractivity contribution in [1.29, 1.82) is 0 Å². The standard InChI is InChI=1S/C18H16ClNO3S/c19-14-5-3-13(4-6-14)11-24-12-16-7-8-17(23-16)18(21)20-10-15-2-1-9-22-15/h1-9H,10-12H2,(H,20,21). The minimum Gasteiger partial charge on any atom is -0.467 e. The summed E-state index contributed by atoms with van der Waals surface area (Å²) in [5.41, 5.74) is 1.20. The first-order valence-corrected chi connectivity index (χ1v) is 8.95. The third-order valence-corrected chi connectivity index (χ3v) is 4.59. The highest BCUT2D eigenvalue weighted by Crippen LogP contribution is 2.20. The highest BCUT2D eigenvalue weighted by Gasteiger charge is 2.11. The number of nitrogens with one attached hydrogen (secondary N) is 1. The van der Waals surface area contributed by atoms with E-state index in [-0.39, 0.29) is 5.91 Å². The highest BCUT2D eigenvalue weighted by atomic mass is 35.5. The second-order valence-electron chi connectivity index (χ2n) is 5.15. The van der Waals surface area contributed by atoms with Gasteiger partial charge in [0.25, 0.3) is 5.91 Å². The van der Waals surface area contributed by atoms with E-state index >= 15 is 0 Å². The molecule has 3 rings (SSSR count). The van der Waals surface area contributed by atoms with E-state index in [0.29, 0.717) is 23.8 Å². The number of amides is 1. The van der Waals surface area contributed by atoms with Crippen LogP contribution in [0.1, 0.15) is 27.6 Å². The molecule has 24 heavy (non-hydrogen) atoms. The molecule has 0 radical (unpaired) electrons. The summed E-state index contributed by atoms with van der Waals surface area (Å²) in [6.45, 7) is 0.340. The molecule has 0 bridgehead atoms. The Morgan fingerprint density at radius 2 is 1.88 bits per heavy atom. The van der Waals surface area contributed by atoms with Gasteiger partial charge in [0, 0.05) is 10.8 Å². The van der Waals surface area contributed by atoms with Gasteiger partial charge in [0.2, 0.25) is 0 Å². The van der Waals surface area contributed by atoms with Gasteiger partial charge in [-0.25, -0.2) is 0 Å². The van der Waals surface area contributed by atoms with Crippen LogP contribution in [0.5, 0.6) is 0 Å². The van der Waals surface area contributed by atoms with Crippen molar-refractivity contribution < 1.29 is 13.6 Å². The Bertz CT molecular complexity index is 781. The zero-order valence-electron chi connectivity index (χ0n) is 12.8. The summed E-state index contributed by atoms with van der Waals surface area (Å²) in [6.07, 6.45) is 1.57. The Kier molecular flexibility index (Phi) is 5.67. The summed E-state index contributed by atoms with van der Waals surface area (Å²) in [5, 5.41) is 3.49. The molecule has 6 heteroatoms. The molecule has 0 aliphatic heterocycles. The van der Waals surface area contributed by atoms with Gasteiger partial charge in [-0.3, -0.25) is 4.79 Å². The Hall–Kier alpha value is -2.11. The molecule has 124 valence electrons. The van der Waals surface area contributed by atoms with Crippen LogP contribution in [0.25, 0.3) is 0 Å². The van der Waals surface area contributed by atoms with E-state index in [1.807, 2.05) is 30.3 Å². The van der Waals surface area contributed by atoms with Gasteiger partial charge in [-0.2, -0.15) is 0 Å². The molecule has 0 saturated heterocycles. The molecule has 0 saturated carbocycles. The number of hydrogen-bond donors (Lipinski definition) is 1. The van der Waals surface area contributed by atoms with E-state index in [4.69, 9.17) is 20.4 Å². The number of rotatable bonds is 7. The van der Waals surface area contributed by atoms with Crippen molar-refractivity contribution in [3.63, 3.8) is 0 Å². The molecule has 0 spiro atoms. The van der Waals surface area contributed by atoms with Crippen LogP contribution in [-0.2, 0) is 18.1 Å². The van der Waals surface area contributed by atoms with Crippen molar-refractivity contribution in [2.24, 2.45) is 0 Å². The highest BCUT2D eigenvalue weighted by molar-refractivity contribution is 7.97. The number of halogens is 1. The molecule has 1 N–H and O–H groups in total. The Morgan fingerprint density at radius 1 is 1.04 bits per heavy atom. The first-order chi connectivity index (χ1) is 11.7. The van der Waals surface area contributed by atoms with Crippen molar-refractivity contribution in [2.75, 3.05) is 0 Å². The third kappa shape index (κ3) is 4.69. The molecule has 1 amide bonds. The first kappa shape index (κ1) is 16.7. The van der Waals surface area contributed by atoms with E-state index in [1.54, 1.807) is 36.2 Å². The van der Waals surface area contributed by atoms with Crippen LogP contribution in [0.15, 0.2) is 63.6 Å². The Balaban J connectivity index is 1.46. The average Bonchev–Trinajstić information content (AvgIpc) is 3.26. The topological polar surface area (TPSA) is 55.4 Å². The van der Waals surface area contributed by atoms with Gasteiger partial charge in [-0.05, 0) is 42.0 Å². The Labute approximate surface area is 149 Å². The average molecular weight is 362 g/mol. The minimum atomic E-state index is -0.250. The molecule has 2 aromatic heterocycles. The predicted octanol–water partition coefficient (Wildman–Crippen LogP) is 4.89. The number of furan rings is 2. The SMILES string of the molecule is O=C(NCc1ccco1)c1ccc(CSCc2ccc(Cl)cc2)o1. The third-order valence-electron chi connectivity index (χ3n) is 3.32. The normalized spacial score (nSPS) is 10.7. The molecular weight excluding hydrogens is 346 g/mol. The summed E-state index contributed by atoms with van der Waals surface area (Å²) in [4.78, 5) is 12.0. The van der Waals surface area contributed by atoms with Crippen LogP contribution < -0.4 is 5.32 Å². The molecule has 2 heterocycles. The van der Waals surface area contributed by atoms with Crippen molar-refractivity contribution in [3.05, 3.63) is 82.7 Å². The number of thioether (sulfide) groups is 1. The van der Waals surface area contributed by atoms with Crippen LogP contribution in [0.3, 0.4) is 0 Å². The van der Waals surface area contributed by atoms with Crippen LogP contribution in [-0.4, -0.2) is 5.91 Å². The maximum Gasteiger partial charge on any atom is 0.287 e. The molecule has 3 aromatic rings. The quantitative estimate of drug-likeness (QED) is 0.651. The molecule has 4 nitrogen and oxygen atoms in total. The fourth-order valence-electron chi connectivity index (χ4n) is 2.10.